The third-order valence-electron chi connectivity index (χ3n) is 5.70. The summed E-state index contributed by atoms with van der Waals surface area (Å²) in [7, 11) is 0. The highest BCUT2D eigenvalue weighted by atomic mass is 16.3. The van der Waals surface area contributed by atoms with Crippen molar-refractivity contribution in [2.45, 2.75) is 76.0 Å². The molecule has 0 aromatic heterocycles. The van der Waals surface area contributed by atoms with Gasteiger partial charge in [-0.15, -0.1) is 0 Å². The fourth-order valence-electron chi connectivity index (χ4n) is 4.37. The molecule has 3 rings (SSSR count). The van der Waals surface area contributed by atoms with Crippen molar-refractivity contribution in [3.63, 3.8) is 0 Å². The van der Waals surface area contributed by atoms with E-state index in [1.54, 1.807) is 0 Å². The van der Waals surface area contributed by atoms with Gasteiger partial charge in [0, 0.05) is 18.7 Å². The molecule has 1 saturated carbocycles. The summed E-state index contributed by atoms with van der Waals surface area (Å²) in [6, 6.07) is 10.1. The van der Waals surface area contributed by atoms with Crippen LogP contribution in [0.5, 0.6) is 0 Å². The predicted molar refractivity (Wildman–Crippen MR) is 96.9 cm³/mol. The maximum atomic E-state index is 12.6. The number of para-hydroxylation sites is 1. The van der Waals surface area contributed by atoms with E-state index in [1.807, 2.05) is 35.2 Å². The van der Waals surface area contributed by atoms with E-state index in [0.29, 0.717) is 6.42 Å². The van der Waals surface area contributed by atoms with Gasteiger partial charge < -0.3 is 15.3 Å². The Labute approximate surface area is 145 Å². The zero-order chi connectivity index (χ0) is 17.0. The van der Waals surface area contributed by atoms with E-state index >= 15 is 0 Å². The molecule has 1 aromatic rings. The van der Waals surface area contributed by atoms with E-state index in [2.05, 4.69) is 12.2 Å². The number of nitrogens with one attached hydrogen (secondary N) is 1. The molecule has 1 aliphatic heterocycles. The van der Waals surface area contributed by atoms with Gasteiger partial charge >= 0.3 is 0 Å². The van der Waals surface area contributed by atoms with Crippen molar-refractivity contribution >= 4 is 11.6 Å². The number of carbonyl (C=O) groups is 1. The van der Waals surface area contributed by atoms with Gasteiger partial charge in [-0.05, 0) is 37.8 Å². The van der Waals surface area contributed by atoms with Crippen LogP contribution in [0.2, 0.25) is 0 Å². The number of benzene rings is 1. The molecule has 4 heteroatoms. The first-order valence-corrected chi connectivity index (χ1v) is 9.48. The summed E-state index contributed by atoms with van der Waals surface area (Å²) in [6.07, 6.45) is 7.22. The van der Waals surface area contributed by atoms with Crippen LogP contribution in [-0.2, 0) is 4.79 Å². The Morgan fingerprint density at radius 2 is 2.08 bits per heavy atom. The molecule has 2 aliphatic rings. The van der Waals surface area contributed by atoms with Gasteiger partial charge in [-0.1, -0.05) is 44.4 Å². The van der Waals surface area contributed by atoms with Crippen LogP contribution in [0, 0.1) is 0 Å². The number of rotatable bonds is 5. The van der Waals surface area contributed by atoms with Crippen LogP contribution in [0.1, 0.15) is 58.3 Å². The highest BCUT2D eigenvalue weighted by Gasteiger charge is 2.51. The Hall–Kier alpha value is -1.55. The SMILES string of the molecule is CCCCC(=O)N1CCC(Nc2ccccc2)[C@@]2(O)CCCC[C@H]12. The number of fused-ring (bicyclic) bond motifs is 1. The van der Waals surface area contributed by atoms with Gasteiger partial charge in [0.15, 0.2) is 0 Å². The van der Waals surface area contributed by atoms with Crippen molar-refractivity contribution < 1.29 is 9.90 Å². The largest absolute Gasteiger partial charge is 0.386 e. The quantitative estimate of drug-likeness (QED) is 0.868. The topological polar surface area (TPSA) is 52.6 Å². The smallest absolute Gasteiger partial charge is 0.222 e. The number of likely N-dealkylation sites (tertiary alicyclic amines) is 1. The van der Waals surface area contributed by atoms with Crippen LogP contribution in [0.25, 0.3) is 0 Å². The van der Waals surface area contributed by atoms with Gasteiger partial charge in [0.05, 0.1) is 12.1 Å². The molecule has 1 aliphatic carbocycles. The summed E-state index contributed by atoms with van der Waals surface area (Å²) < 4.78 is 0. The predicted octanol–water partition coefficient (Wildman–Crippen LogP) is 3.56. The lowest BCUT2D eigenvalue weighted by Crippen LogP contribution is -2.67. The van der Waals surface area contributed by atoms with Gasteiger partial charge in [-0.3, -0.25) is 4.79 Å². The number of anilines is 1. The molecular weight excluding hydrogens is 300 g/mol. The molecular formula is C20H30N2O2. The van der Waals surface area contributed by atoms with Crippen molar-refractivity contribution in [1.29, 1.82) is 0 Å². The lowest BCUT2D eigenvalue weighted by atomic mass is 9.71. The Balaban J connectivity index is 1.76. The van der Waals surface area contributed by atoms with E-state index in [-0.39, 0.29) is 18.0 Å². The molecule has 2 fully saturated rings. The second kappa shape index (κ2) is 7.56. The number of hydrogen-bond donors (Lipinski definition) is 2. The molecule has 132 valence electrons. The number of amides is 1. The van der Waals surface area contributed by atoms with E-state index in [9.17, 15) is 9.90 Å². The number of unbranched alkanes of at least 4 members (excludes halogenated alkanes) is 1. The summed E-state index contributed by atoms with van der Waals surface area (Å²) in [6.45, 7) is 2.86. The monoisotopic (exact) mass is 330 g/mol. The molecule has 1 heterocycles. The van der Waals surface area contributed by atoms with Crippen LogP contribution < -0.4 is 5.32 Å². The normalized spacial score (nSPS) is 29.8. The molecule has 2 N–H and O–H groups in total. The Morgan fingerprint density at radius 1 is 1.29 bits per heavy atom. The van der Waals surface area contributed by atoms with Crippen LogP contribution in [0.15, 0.2) is 30.3 Å². The maximum absolute atomic E-state index is 12.6. The van der Waals surface area contributed by atoms with Gasteiger partial charge in [0.25, 0.3) is 0 Å². The number of aliphatic hydroxyl groups is 1. The van der Waals surface area contributed by atoms with Crippen molar-refractivity contribution in [2.75, 3.05) is 11.9 Å². The highest BCUT2D eigenvalue weighted by Crippen LogP contribution is 2.40. The molecule has 0 spiro atoms. The maximum Gasteiger partial charge on any atom is 0.222 e. The molecule has 0 bridgehead atoms. The Kier molecular flexibility index (Phi) is 5.44. The first-order chi connectivity index (χ1) is 11.6. The second-order valence-corrected chi connectivity index (χ2v) is 7.30. The molecule has 1 amide bonds. The van der Waals surface area contributed by atoms with Crippen molar-refractivity contribution in [1.82, 2.24) is 4.90 Å². The zero-order valence-corrected chi connectivity index (χ0v) is 14.7. The van der Waals surface area contributed by atoms with Crippen molar-refractivity contribution in [3.8, 4) is 0 Å². The summed E-state index contributed by atoms with van der Waals surface area (Å²) in [5.41, 5.74) is 0.236. The van der Waals surface area contributed by atoms with Crippen molar-refractivity contribution in [2.24, 2.45) is 0 Å². The lowest BCUT2D eigenvalue weighted by Gasteiger charge is -2.54. The molecule has 24 heavy (non-hydrogen) atoms. The zero-order valence-electron chi connectivity index (χ0n) is 14.7. The number of hydrogen-bond acceptors (Lipinski definition) is 3. The van der Waals surface area contributed by atoms with Crippen LogP contribution in [-0.4, -0.2) is 40.1 Å². The minimum atomic E-state index is -0.811. The summed E-state index contributed by atoms with van der Waals surface area (Å²) in [5.74, 6) is 0.223. The van der Waals surface area contributed by atoms with Crippen LogP contribution in [0.3, 0.4) is 0 Å². The average Bonchev–Trinajstić information content (AvgIpc) is 2.61. The highest BCUT2D eigenvalue weighted by molar-refractivity contribution is 5.77. The summed E-state index contributed by atoms with van der Waals surface area (Å²) in [4.78, 5) is 14.6. The average molecular weight is 330 g/mol. The summed E-state index contributed by atoms with van der Waals surface area (Å²) >= 11 is 0. The van der Waals surface area contributed by atoms with E-state index < -0.39 is 5.60 Å². The van der Waals surface area contributed by atoms with Gasteiger partial charge in [0.1, 0.15) is 5.60 Å². The Bertz CT molecular complexity index is 548. The molecule has 1 saturated heterocycles. The van der Waals surface area contributed by atoms with E-state index in [0.717, 1.165) is 57.2 Å². The van der Waals surface area contributed by atoms with Crippen molar-refractivity contribution in [3.05, 3.63) is 30.3 Å². The van der Waals surface area contributed by atoms with Gasteiger partial charge in [-0.25, -0.2) is 0 Å². The van der Waals surface area contributed by atoms with Crippen LogP contribution in [0.4, 0.5) is 5.69 Å². The second-order valence-electron chi connectivity index (χ2n) is 7.30. The molecule has 3 atom stereocenters. The minimum Gasteiger partial charge on any atom is -0.386 e. The van der Waals surface area contributed by atoms with E-state index in [4.69, 9.17) is 0 Å². The fourth-order valence-corrected chi connectivity index (χ4v) is 4.37. The summed E-state index contributed by atoms with van der Waals surface area (Å²) in [5, 5.41) is 15.0. The fraction of sp³-hybridized carbons (Fsp3) is 0.650. The number of piperidine rings is 1. The van der Waals surface area contributed by atoms with E-state index in [1.165, 1.54) is 0 Å². The van der Waals surface area contributed by atoms with Gasteiger partial charge in [-0.2, -0.15) is 0 Å². The van der Waals surface area contributed by atoms with Crippen LogP contribution >= 0.6 is 0 Å². The van der Waals surface area contributed by atoms with Gasteiger partial charge in [0.2, 0.25) is 5.91 Å². The minimum absolute atomic E-state index is 0.0143. The molecule has 4 nitrogen and oxygen atoms in total. The third kappa shape index (κ3) is 3.44. The number of nitrogens with zero attached hydrogens (tertiary/aromatic N) is 1. The first-order valence-electron chi connectivity index (χ1n) is 9.48. The Morgan fingerprint density at radius 3 is 2.83 bits per heavy atom. The number of carbonyl (C=O) groups excluding carboxylic acids is 1. The molecule has 1 aromatic carbocycles. The molecule has 1 unspecified atom stereocenters. The first kappa shape index (κ1) is 17.3. The standard InChI is InChI=1S/C20H30N2O2/c1-2-3-12-19(23)22-15-13-17(21-16-9-5-4-6-10-16)20(24)14-8-7-11-18(20)22/h4-6,9-10,17-18,21,24H,2-3,7-8,11-15H2,1H3/t17?,18-,20-/m0/s1. The lowest BCUT2D eigenvalue weighted by molar-refractivity contribution is -0.154. The third-order valence-corrected chi connectivity index (χ3v) is 5.70. The molecule has 0 radical (unpaired) electrons.